The molecule has 1 aromatic carbocycles. The standard InChI is InChI=1S/C19H20N4O2S/c1-11-15(26-18(22-11)16-20-8-5-9-21-16)17(25)23-13-10-12(19(2,3)4)6-7-14(13)24/h5-10,24H,1-4H3,(H,23,25). The van der Waals surface area contributed by atoms with Crippen molar-refractivity contribution in [2.45, 2.75) is 33.1 Å². The fourth-order valence-electron chi connectivity index (χ4n) is 2.39. The van der Waals surface area contributed by atoms with Crippen LogP contribution in [0.25, 0.3) is 10.8 Å². The number of aryl methyl sites for hydroxylation is 1. The summed E-state index contributed by atoms with van der Waals surface area (Å²) in [7, 11) is 0. The van der Waals surface area contributed by atoms with E-state index in [2.05, 4.69) is 41.0 Å². The molecule has 2 aromatic heterocycles. The summed E-state index contributed by atoms with van der Waals surface area (Å²) >= 11 is 1.23. The number of nitrogens with one attached hydrogen (secondary N) is 1. The molecule has 3 rings (SSSR count). The van der Waals surface area contributed by atoms with Gasteiger partial charge in [-0.2, -0.15) is 0 Å². The van der Waals surface area contributed by atoms with Gasteiger partial charge in [0, 0.05) is 12.4 Å². The molecule has 0 saturated heterocycles. The summed E-state index contributed by atoms with van der Waals surface area (Å²) in [6.45, 7) is 7.99. The van der Waals surface area contributed by atoms with E-state index < -0.39 is 0 Å². The first-order valence-corrected chi connectivity index (χ1v) is 8.97. The molecule has 1 amide bonds. The van der Waals surface area contributed by atoms with Crippen LogP contribution in [0.15, 0.2) is 36.7 Å². The van der Waals surface area contributed by atoms with E-state index >= 15 is 0 Å². The average molecular weight is 368 g/mol. The molecular formula is C19H20N4O2S. The number of thiazole rings is 1. The molecule has 0 saturated carbocycles. The Labute approximate surface area is 156 Å². The number of benzene rings is 1. The molecule has 2 heterocycles. The van der Waals surface area contributed by atoms with Gasteiger partial charge in [0.1, 0.15) is 10.6 Å². The second-order valence-corrected chi connectivity index (χ2v) is 7.94. The molecule has 0 atom stereocenters. The van der Waals surface area contributed by atoms with Crippen LogP contribution in [0.4, 0.5) is 5.69 Å². The van der Waals surface area contributed by atoms with E-state index in [-0.39, 0.29) is 17.1 Å². The second-order valence-electron chi connectivity index (χ2n) is 6.94. The Balaban J connectivity index is 1.89. The van der Waals surface area contributed by atoms with Crippen LogP contribution in [0.1, 0.15) is 41.7 Å². The number of carbonyl (C=O) groups is 1. The van der Waals surface area contributed by atoms with Crippen molar-refractivity contribution in [1.82, 2.24) is 15.0 Å². The fraction of sp³-hybridized carbons (Fsp3) is 0.263. The largest absolute Gasteiger partial charge is 0.506 e. The second kappa shape index (κ2) is 6.84. The quantitative estimate of drug-likeness (QED) is 0.678. The van der Waals surface area contributed by atoms with Gasteiger partial charge in [-0.05, 0) is 36.1 Å². The molecule has 0 fully saturated rings. The van der Waals surface area contributed by atoms with Gasteiger partial charge in [0.05, 0.1) is 11.4 Å². The van der Waals surface area contributed by atoms with E-state index in [0.29, 0.717) is 27.1 Å². The van der Waals surface area contributed by atoms with Crippen LogP contribution in [0.2, 0.25) is 0 Å². The Morgan fingerprint density at radius 2 is 1.88 bits per heavy atom. The third kappa shape index (κ3) is 3.72. The van der Waals surface area contributed by atoms with Gasteiger partial charge in [-0.15, -0.1) is 11.3 Å². The average Bonchev–Trinajstić information content (AvgIpc) is 2.98. The molecule has 134 valence electrons. The summed E-state index contributed by atoms with van der Waals surface area (Å²) in [5.74, 6) is 0.195. The van der Waals surface area contributed by atoms with Crippen molar-refractivity contribution >= 4 is 22.9 Å². The number of aromatic hydroxyl groups is 1. The predicted molar refractivity (Wildman–Crippen MR) is 103 cm³/mol. The highest BCUT2D eigenvalue weighted by atomic mass is 32.1. The van der Waals surface area contributed by atoms with Gasteiger partial charge in [-0.25, -0.2) is 15.0 Å². The van der Waals surface area contributed by atoms with Crippen molar-refractivity contribution < 1.29 is 9.90 Å². The number of phenols is 1. The van der Waals surface area contributed by atoms with Gasteiger partial charge in [-0.1, -0.05) is 26.8 Å². The van der Waals surface area contributed by atoms with E-state index in [4.69, 9.17) is 0 Å². The van der Waals surface area contributed by atoms with Crippen LogP contribution in [0.5, 0.6) is 5.75 Å². The Bertz CT molecular complexity index is 946. The molecule has 0 radical (unpaired) electrons. The minimum Gasteiger partial charge on any atom is -0.506 e. The van der Waals surface area contributed by atoms with Gasteiger partial charge in [-0.3, -0.25) is 4.79 Å². The van der Waals surface area contributed by atoms with Gasteiger partial charge >= 0.3 is 0 Å². The molecule has 7 heteroatoms. The van der Waals surface area contributed by atoms with Crippen LogP contribution in [-0.4, -0.2) is 26.0 Å². The molecular weight excluding hydrogens is 348 g/mol. The molecule has 0 aliphatic rings. The Hall–Kier alpha value is -2.80. The normalized spacial score (nSPS) is 11.4. The first-order valence-electron chi connectivity index (χ1n) is 8.15. The number of carbonyl (C=O) groups excluding carboxylic acids is 1. The van der Waals surface area contributed by atoms with E-state index in [0.717, 1.165) is 5.56 Å². The number of rotatable bonds is 3. The van der Waals surface area contributed by atoms with Gasteiger partial charge < -0.3 is 10.4 Å². The van der Waals surface area contributed by atoms with Crippen molar-refractivity contribution in [3.05, 3.63) is 52.8 Å². The zero-order valence-corrected chi connectivity index (χ0v) is 15.9. The summed E-state index contributed by atoms with van der Waals surface area (Å²) in [6.07, 6.45) is 3.27. The molecule has 6 nitrogen and oxygen atoms in total. The lowest BCUT2D eigenvalue weighted by Gasteiger charge is -2.20. The maximum Gasteiger partial charge on any atom is 0.267 e. The topological polar surface area (TPSA) is 88.0 Å². The van der Waals surface area contributed by atoms with Crippen molar-refractivity contribution in [2.24, 2.45) is 0 Å². The van der Waals surface area contributed by atoms with Gasteiger partial charge in [0.15, 0.2) is 10.8 Å². The molecule has 26 heavy (non-hydrogen) atoms. The molecule has 0 aliphatic carbocycles. The van der Waals surface area contributed by atoms with Crippen LogP contribution >= 0.6 is 11.3 Å². The van der Waals surface area contributed by atoms with Gasteiger partial charge in [0.25, 0.3) is 5.91 Å². The summed E-state index contributed by atoms with van der Waals surface area (Å²) in [5.41, 5.74) is 1.91. The number of amides is 1. The van der Waals surface area contributed by atoms with Crippen LogP contribution < -0.4 is 5.32 Å². The number of hydrogen-bond donors (Lipinski definition) is 2. The number of nitrogens with zero attached hydrogens (tertiary/aromatic N) is 3. The highest BCUT2D eigenvalue weighted by molar-refractivity contribution is 7.17. The summed E-state index contributed by atoms with van der Waals surface area (Å²) in [5, 5.41) is 13.5. The van der Waals surface area contributed by atoms with Crippen LogP contribution in [-0.2, 0) is 5.41 Å². The van der Waals surface area contributed by atoms with E-state index in [9.17, 15) is 9.90 Å². The molecule has 0 unspecified atom stereocenters. The minimum atomic E-state index is -0.316. The van der Waals surface area contributed by atoms with E-state index in [1.54, 1.807) is 37.5 Å². The monoisotopic (exact) mass is 368 g/mol. The zero-order chi connectivity index (χ0) is 18.9. The number of aromatic nitrogens is 3. The van der Waals surface area contributed by atoms with E-state index in [1.807, 2.05) is 6.07 Å². The molecule has 0 spiro atoms. The van der Waals surface area contributed by atoms with Crippen LogP contribution in [0, 0.1) is 6.92 Å². The van der Waals surface area contributed by atoms with Gasteiger partial charge in [0.2, 0.25) is 0 Å². The third-order valence-electron chi connectivity index (χ3n) is 3.87. The molecule has 2 N–H and O–H groups in total. The van der Waals surface area contributed by atoms with Crippen molar-refractivity contribution in [3.63, 3.8) is 0 Å². The minimum absolute atomic E-state index is 0.0279. The lowest BCUT2D eigenvalue weighted by Crippen LogP contribution is -2.14. The smallest absolute Gasteiger partial charge is 0.267 e. The maximum atomic E-state index is 12.7. The third-order valence-corrected chi connectivity index (χ3v) is 5.02. The number of hydrogen-bond acceptors (Lipinski definition) is 6. The van der Waals surface area contributed by atoms with Crippen molar-refractivity contribution in [1.29, 1.82) is 0 Å². The van der Waals surface area contributed by atoms with Crippen molar-refractivity contribution in [2.75, 3.05) is 5.32 Å². The first-order chi connectivity index (χ1) is 12.3. The number of phenolic OH excluding ortho intramolecular Hbond substituents is 1. The Morgan fingerprint density at radius 1 is 1.19 bits per heavy atom. The fourth-order valence-corrected chi connectivity index (χ4v) is 3.30. The molecule has 3 aromatic rings. The van der Waals surface area contributed by atoms with Crippen LogP contribution in [0.3, 0.4) is 0 Å². The van der Waals surface area contributed by atoms with Crippen molar-refractivity contribution in [3.8, 4) is 16.6 Å². The predicted octanol–water partition coefficient (Wildman–Crippen LogP) is 4.16. The first kappa shape index (κ1) is 18.0. The molecule has 0 bridgehead atoms. The number of anilines is 1. The summed E-state index contributed by atoms with van der Waals surface area (Å²) in [4.78, 5) is 25.9. The Morgan fingerprint density at radius 3 is 2.54 bits per heavy atom. The highest BCUT2D eigenvalue weighted by Crippen LogP contribution is 2.32. The maximum absolute atomic E-state index is 12.7. The highest BCUT2D eigenvalue weighted by Gasteiger charge is 2.20. The SMILES string of the molecule is Cc1nc(-c2ncccn2)sc1C(=O)Nc1cc(C(C)(C)C)ccc1O. The summed E-state index contributed by atoms with van der Waals surface area (Å²) < 4.78 is 0. The Kier molecular flexibility index (Phi) is 4.73. The zero-order valence-electron chi connectivity index (χ0n) is 15.1. The molecule has 0 aliphatic heterocycles. The lowest BCUT2D eigenvalue weighted by atomic mass is 9.87. The van der Waals surface area contributed by atoms with E-state index in [1.165, 1.54) is 11.3 Å². The lowest BCUT2D eigenvalue weighted by molar-refractivity contribution is 0.102. The summed E-state index contributed by atoms with van der Waals surface area (Å²) in [6, 6.07) is 6.97.